The molecule has 3 heteroatoms. The summed E-state index contributed by atoms with van der Waals surface area (Å²) in [5.41, 5.74) is 9.01. The van der Waals surface area contributed by atoms with Crippen LogP contribution in [0.3, 0.4) is 0 Å². The number of rotatable bonds is 6. The van der Waals surface area contributed by atoms with Crippen LogP contribution in [0.25, 0.3) is 0 Å². The molecule has 3 N–H and O–H groups in total. The molecule has 3 nitrogen and oxygen atoms in total. The molecule has 20 heavy (non-hydrogen) atoms. The van der Waals surface area contributed by atoms with E-state index in [0.29, 0.717) is 5.92 Å². The van der Waals surface area contributed by atoms with Gasteiger partial charge in [-0.25, -0.2) is 0 Å². The molecule has 2 aromatic rings. The molecule has 0 aliphatic carbocycles. The fourth-order valence-electron chi connectivity index (χ4n) is 2.19. The summed E-state index contributed by atoms with van der Waals surface area (Å²) in [5.74, 6) is 1.34. The quantitative estimate of drug-likeness (QED) is 0.783. The second-order valence-electron chi connectivity index (χ2n) is 4.98. The van der Waals surface area contributed by atoms with Gasteiger partial charge in [0, 0.05) is 12.6 Å². The molecule has 0 saturated carbocycles. The number of nitrogens with one attached hydrogen (secondary N) is 1. The molecular formula is C17H22N2O. The van der Waals surface area contributed by atoms with Gasteiger partial charge in [-0.2, -0.15) is 0 Å². The zero-order valence-electron chi connectivity index (χ0n) is 12.1. The summed E-state index contributed by atoms with van der Waals surface area (Å²) >= 11 is 0. The molecule has 0 radical (unpaired) electrons. The molecule has 0 amide bonds. The van der Waals surface area contributed by atoms with Gasteiger partial charge in [-0.05, 0) is 30.0 Å². The fourth-order valence-corrected chi connectivity index (χ4v) is 2.19. The second kappa shape index (κ2) is 6.85. The van der Waals surface area contributed by atoms with Crippen LogP contribution in [0, 0.1) is 0 Å². The Labute approximate surface area is 120 Å². The highest BCUT2D eigenvalue weighted by molar-refractivity contribution is 5.68. The standard InChI is InChI=1S/C17H22N2O/c1-13(14-6-4-3-5-7-14)10-11-19-17-12-15(20-2)8-9-16(17)18/h3-9,12-13,19H,10-11,18H2,1-2H3. The third-order valence-electron chi connectivity index (χ3n) is 3.52. The highest BCUT2D eigenvalue weighted by Crippen LogP contribution is 2.25. The highest BCUT2D eigenvalue weighted by atomic mass is 16.5. The van der Waals surface area contributed by atoms with E-state index in [9.17, 15) is 0 Å². The first kappa shape index (κ1) is 14.3. The summed E-state index contributed by atoms with van der Waals surface area (Å²) in [7, 11) is 1.66. The van der Waals surface area contributed by atoms with Gasteiger partial charge >= 0.3 is 0 Å². The van der Waals surface area contributed by atoms with Crippen molar-refractivity contribution in [3.05, 3.63) is 54.1 Å². The third-order valence-corrected chi connectivity index (χ3v) is 3.52. The average molecular weight is 270 g/mol. The Morgan fingerprint density at radius 2 is 1.90 bits per heavy atom. The van der Waals surface area contributed by atoms with Crippen LogP contribution in [-0.4, -0.2) is 13.7 Å². The van der Waals surface area contributed by atoms with E-state index < -0.39 is 0 Å². The number of methoxy groups -OCH3 is 1. The molecule has 106 valence electrons. The van der Waals surface area contributed by atoms with E-state index in [0.717, 1.165) is 30.1 Å². The molecule has 0 fully saturated rings. The first-order chi connectivity index (χ1) is 9.70. The van der Waals surface area contributed by atoms with Gasteiger partial charge in [0.2, 0.25) is 0 Å². The van der Waals surface area contributed by atoms with Crippen molar-refractivity contribution in [3.8, 4) is 5.75 Å². The lowest BCUT2D eigenvalue weighted by molar-refractivity contribution is 0.415. The third kappa shape index (κ3) is 3.67. The minimum absolute atomic E-state index is 0.524. The maximum absolute atomic E-state index is 5.95. The van der Waals surface area contributed by atoms with Crippen LogP contribution >= 0.6 is 0 Å². The van der Waals surface area contributed by atoms with Crippen molar-refractivity contribution in [3.63, 3.8) is 0 Å². The molecule has 1 atom stereocenters. The number of anilines is 2. The van der Waals surface area contributed by atoms with Crippen LogP contribution in [-0.2, 0) is 0 Å². The summed E-state index contributed by atoms with van der Waals surface area (Å²) in [5, 5.41) is 3.38. The normalized spacial score (nSPS) is 11.9. The van der Waals surface area contributed by atoms with Crippen molar-refractivity contribution in [2.24, 2.45) is 0 Å². The van der Waals surface area contributed by atoms with E-state index in [-0.39, 0.29) is 0 Å². The summed E-state index contributed by atoms with van der Waals surface area (Å²) in [6, 6.07) is 16.2. The summed E-state index contributed by atoms with van der Waals surface area (Å²) in [6.07, 6.45) is 1.06. The van der Waals surface area contributed by atoms with Crippen LogP contribution in [0.5, 0.6) is 5.75 Å². The number of hydrogen-bond donors (Lipinski definition) is 2. The van der Waals surface area contributed by atoms with Gasteiger partial charge in [0.25, 0.3) is 0 Å². The van der Waals surface area contributed by atoms with E-state index in [1.807, 2.05) is 24.3 Å². The Morgan fingerprint density at radius 3 is 2.60 bits per heavy atom. The molecule has 0 bridgehead atoms. The van der Waals surface area contributed by atoms with Crippen LogP contribution in [0.15, 0.2) is 48.5 Å². The zero-order valence-corrected chi connectivity index (χ0v) is 12.1. The average Bonchev–Trinajstić information content (AvgIpc) is 2.50. The summed E-state index contributed by atoms with van der Waals surface area (Å²) < 4.78 is 5.21. The lowest BCUT2D eigenvalue weighted by Gasteiger charge is -2.14. The molecule has 0 spiro atoms. The molecule has 0 aliphatic heterocycles. The second-order valence-corrected chi connectivity index (χ2v) is 4.98. The van der Waals surface area contributed by atoms with E-state index >= 15 is 0 Å². The van der Waals surface area contributed by atoms with E-state index in [2.05, 4.69) is 36.5 Å². The van der Waals surface area contributed by atoms with Gasteiger partial charge in [0.15, 0.2) is 0 Å². The molecule has 0 saturated heterocycles. The van der Waals surface area contributed by atoms with Crippen LogP contribution in [0.4, 0.5) is 11.4 Å². The van der Waals surface area contributed by atoms with Gasteiger partial charge in [0.1, 0.15) is 5.75 Å². The van der Waals surface area contributed by atoms with Gasteiger partial charge in [-0.1, -0.05) is 37.3 Å². The van der Waals surface area contributed by atoms with Crippen molar-refractivity contribution in [1.29, 1.82) is 0 Å². The maximum atomic E-state index is 5.95. The highest BCUT2D eigenvalue weighted by Gasteiger charge is 2.06. The minimum Gasteiger partial charge on any atom is -0.497 e. The maximum Gasteiger partial charge on any atom is 0.121 e. The van der Waals surface area contributed by atoms with Gasteiger partial charge < -0.3 is 15.8 Å². The lowest BCUT2D eigenvalue weighted by atomic mass is 9.98. The SMILES string of the molecule is COc1ccc(N)c(NCCC(C)c2ccccc2)c1. The van der Waals surface area contributed by atoms with Crippen LogP contribution < -0.4 is 15.8 Å². The smallest absolute Gasteiger partial charge is 0.121 e. The number of hydrogen-bond acceptors (Lipinski definition) is 3. The Morgan fingerprint density at radius 1 is 1.15 bits per heavy atom. The lowest BCUT2D eigenvalue weighted by Crippen LogP contribution is -2.07. The summed E-state index contributed by atoms with van der Waals surface area (Å²) in [4.78, 5) is 0. The first-order valence-corrected chi connectivity index (χ1v) is 6.93. The fraction of sp³-hybridized carbons (Fsp3) is 0.294. The Hall–Kier alpha value is -2.16. The van der Waals surface area contributed by atoms with Crippen molar-refractivity contribution < 1.29 is 4.74 Å². The van der Waals surface area contributed by atoms with Crippen molar-refractivity contribution in [2.45, 2.75) is 19.3 Å². The number of nitrogens with two attached hydrogens (primary N) is 1. The molecule has 1 unspecified atom stereocenters. The molecule has 0 aromatic heterocycles. The number of ether oxygens (including phenoxy) is 1. The predicted molar refractivity (Wildman–Crippen MR) is 85.4 cm³/mol. The largest absolute Gasteiger partial charge is 0.497 e. The Kier molecular flexibility index (Phi) is 4.88. The topological polar surface area (TPSA) is 47.3 Å². The van der Waals surface area contributed by atoms with Crippen molar-refractivity contribution in [1.82, 2.24) is 0 Å². The molecule has 2 aromatic carbocycles. The molecule has 0 aliphatic rings. The van der Waals surface area contributed by atoms with E-state index in [1.165, 1.54) is 5.56 Å². The molecule has 2 rings (SSSR count). The van der Waals surface area contributed by atoms with Crippen molar-refractivity contribution >= 4 is 11.4 Å². The minimum atomic E-state index is 0.524. The Bertz CT molecular complexity index is 540. The Balaban J connectivity index is 1.90. The molecular weight excluding hydrogens is 248 g/mol. The van der Waals surface area contributed by atoms with E-state index in [1.54, 1.807) is 7.11 Å². The van der Waals surface area contributed by atoms with Crippen molar-refractivity contribution in [2.75, 3.05) is 24.7 Å². The molecule has 0 heterocycles. The van der Waals surface area contributed by atoms with Gasteiger partial charge in [-0.15, -0.1) is 0 Å². The number of benzene rings is 2. The van der Waals surface area contributed by atoms with Crippen LogP contribution in [0.1, 0.15) is 24.8 Å². The monoisotopic (exact) mass is 270 g/mol. The van der Waals surface area contributed by atoms with Gasteiger partial charge in [0.05, 0.1) is 18.5 Å². The van der Waals surface area contributed by atoms with E-state index in [4.69, 9.17) is 10.5 Å². The summed E-state index contributed by atoms with van der Waals surface area (Å²) in [6.45, 7) is 3.12. The zero-order chi connectivity index (χ0) is 14.4. The number of nitrogen functional groups attached to an aromatic ring is 1. The first-order valence-electron chi connectivity index (χ1n) is 6.93. The van der Waals surface area contributed by atoms with Crippen LogP contribution in [0.2, 0.25) is 0 Å². The predicted octanol–water partition coefficient (Wildman–Crippen LogP) is 3.88. The van der Waals surface area contributed by atoms with Gasteiger partial charge in [-0.3, -0.25) is 0 Å².